The number of aryl methyl sites for hydroxylation is 1. The van der Waals surface area contributed by atoms with Crippen LogP contribution in [0.1, 0.15) is 16.1 Å². The van der Waals surface area contributed by atoms with Gasteiger partial charge in [-0.1, -0.05) is 12.1 Å². The Morgan fingerprint density at radius 1 is 1.22 bits per heavy atom. The summed E-state index contributed by atoms with van der Waals surface area (Å²) in [5.74, 6) is -0.568. The molecule has 134 valence electrons. The van der Waals surface area contributed by atoms with E-state index in [2.05, 4.69) is 20.4 Å². The third-order valence-electron chi connectivity index (χ3n) is 4.08. The zero-order valence-electron chi connectivity index (χ0n) is 14.2. The maximum absolute atomic E-state index is 13.3. The van der Waals surface area contributed by atoms with Crippen molar-refractivity contribution in [2.24, 2.45) is 0 Å². The molecule has 0 fully saturated rings. The Morgan fingerprint density at radius 3 is 2.81 bits per heavy atom. The number of H-pyrrole nitrogens is 1. The Labute approximate surface area is 152 Å². The molecular formula is C19H14FN5O2. The fourth-order valence-electron chi connectivity index (χ4n) is 2.85. The number of rotatable bonds is 3. The van der Waals surface area contributed by atoms with Crippen LogP contribution in [-0.2, 0) is 0 Å². The molecule has 7 nitrogen and oxygen atoms in total. The van der Waals surface area contributed by atoms with Gasteiger partial charge in [0.2, 0.25) is 5.43 Å². The fraction of sp³-hybridized carbons (Fsp3) is 0.0526. The maximum atomic E-state index is 13.3. The quantitative estimate of drug-likeness (QED) is 0.585. The molecule has 0 bridgehead atoms. The van der Waals surface area contributed by atoms with Crippen LogP contribution in [0.4, 0.5) is 10.1 Å². The van der Waals surface area contributed by atoms with Crippen LogP contribution in [0.5, 0.6) is 0 Å². The first-order valence-corrected chi connectivity index (χ1v) is 8.14. The predicted octanol–water partition coefficient (Wildman–Crippen LogP) is 2.81. The molecule has 3 heterocycles. The van der Waals surface area contributed by atoms with E-state index in [1.165, 1.54) is 35.1 Å². The topological polar surface area (TPSA) is 92.7 Å². The number of benzene rings is 1. The van der Waals surface area contributed by atoms with Crippen molar-refractivity contribution in [2.75, 3.05) is 5.32 Å². The van der Waals surface area contributed by atoms with Crippen LogP contribution in [0.25, 0.3) is 16.9 Å². The number of aromatic nitrogens is 4. The summed E-state index contributed by atoms with van der Waals surface area (Å²) in [4.78, 5) is 32.5. The molecule has 0 aliphatic rings. The number of carbonyl (C=O) groups excluding carboxylic acids is 1. The standard InChI is InChI=1S/C19H14FN5O2/c1-11-16-17(26)14(19(27)23-13-6-4-5-12(20)9-13)10-22-18(16)25(24-11)15-7-2-3-8-21-15/h2-10H,1H3,(H,22,26)(H,23,27). The second-order valence-corrected chi connectivity index (χ2v) is 5.90. The van der Waals surface area contributed by atoms with Crippen LogP contribution >= 0.6 is 0 Å². The number of pyridine rings is 2. The monoisotopic (exact) mass is 363 g/mol. The van der Waals surface area contributed by atoms with Gasteiger partial charge >= 0.3 is 0 Å². The first kappa shape index (κ1) is 16.6. The first-order chi connectivity index (χ1) is 13.0. The lowest BCUT2D eigenvalue weighted by Gasteiger charge is -2.06. The summed E-state index contributed by atoms with van der Waals surface area (Å²) < 4.78 is 14.8. The maximum Gasteiger partial charge on any atom is 0.261 e. The largest absolute Gasteiger partial charge is 0.345 e. The molecule has 0 unspecified atom stereocenters. The van der Waals surface area contributed by atoms with Crippen molar-refractivity contribution in [2.45, 2.75) is 6.92 Å². The summed E-state index contributed by atoms with van der Waals surface area (Å²) in [5.41, 5.74) is 0.629. The number of halogens is 1. The Kier molecular flexibility index (Phi) is 4.00. The Bertz CT molecular complexity index is 1210. The molecule has 0 aliphatic carbocycles. The van der Waals surface area contributed by atoms with Gasteiger partial charge in [0.15, 0.2) is 5.82 Å². The van der Waals surface area contributed by atoms with E-state index in [0.717, 1.165) is 0 Å². The lowest BCUT2D eigenvalue weighted by molar-refractivity contribution is 0.102. The first-order valence-electron chi connectivity index (χ1n) is 8.14. The molecule has 0 radical (unpaired) electrons. The van der Waals surface area contributed by atoms with Crippen LogP contribution in [0.15, 0.2) is 59.7 Å². The fourth-order valence-corrected chi connectivity index (χ4v) is 2.85. The lowest BCUT2D eigenvalue weighted by Crippen LogP contribution is -2.22. The van der Waals surface area contributed by atoms with Crippen LogP contribution in [0, 0.1) is 12.7 Å². The third-order valence-corrected chi connectivity index (χ3v) is 4.08. The third kappa shape index (κ3) is 2.97. The highest BCUT2D eigenvalue weighted by Gasteiger charge is 2.19. The molecule has 0 spiro atoms. The number of nitrogens with zero attached hydrogens (tertiary/aromatic N) is 3. The molecule has 27 heavy (non-hydrogen) atoms. The highest BCUT2D eigenvalue weighted by molar-refractivity contribution is 6.05. The van der Waals surface area contributed by atoms with E-state index in [4.69, 9.17) is 0 Å². The summed E-state index contributed by atoms with van der Waals surface area (Å²) in [7, 11) is 0. The molecule has 3 aromatic heterocycles. The van der Waals surface area contributed by atoms with E-state index in [1.54, 1.807) is 25.3 Å². The van der Waals surface area contributed by atoms with E-state index < -0.39 is 17.2 Å². The molecule has 0 atom stereocenters. The SMILES string of the molecule is Cc1nn(-c2ccccn2)c2[nH]cc(C(=O)Nc3cccc(F)c3)c(=O)c12. The number of amides is 1. The van der Waals surface area contributed by atoms with Gasteiger partial charge < -0.3 is 10.3 Å². The van der Waals surface area contributed by atoms with Crippen molar-refractivity contribution in [1.82, 2.24) is 19.7 Å². The number of anilines is 1. The Balaban J connectivity index is 1.78. The van der Waals surface area contributed by atoms with Gasteiger partial charge in [0.25, 0.3) is 5.91 Å². The van der Waals surface area contributed by atoms with Gasteiger partial charge in [-0.15, -0.1) is 0 Å². The van der Waals surface area contributed by atoms with Gasteiger partial charge in [0.05, 0.1) is 11.1 Å². The van der Waals surface area contributed by atoms with E-state index in [-0.39, 0.29) is 11.3 Å². The highest BCUT2D eigenvalue weighted by Crippen LogP contribution is 2.17. The summed E-state index contributed by atoms with van der Waals surface area (Å²) in [5, 5.41) is 7.18. The number of hydrogen-bond acceptors (Lipinski definition) is 4. The minimum atomic E-state index is -0.631. The van der Waals surface area contributed by atoms with E-state index in [1.807, 2.05) is 6.07 Å². The molecule has 4 aromatic rings. The average molecular weight is 363 g/mol. The number of nitrogens with one attached hydrogen (secondary N) is 2. The number of hydrogen-bond donors (Lipinski definition) is 2. The van der Waals surface area contributed by atoms with Gasteiger partial charge in [0, 0.05) is 18.1 Å². The Morgan fingerprint density at radius 2 is 2.07 bits per heavy atom. The van der Waals surface area contributed by atoms with Crippen molar-refractivity contribution >= 4 is 22.6 Å². The van der Waals surface area contributed by atoms with E-state index >= 15 is 0 Å². The highest BCUT2D eigenvalue weighted by atomic mass is 19.1. The van der Waals surface area contributed by atoms with Gasteiger partial charge in [0.1, 0.15) is 17.0 Å². The average Bonchev–Trinajstić information content (AvgIpc) is 3.00. The molecular weight excluding hydrogens is 349 g/mol. The van der Waals surface area contributed by atoms with E-state index in [9.17, 15) is 14.0 Å². The van der Waals surface area contributed by atoms with Crippen LogP contribution < -0.4 is 10.7 Å². The van der Waals surface area contributed by atoms with Crippen molar-refractivity contribution in [1.29, 1.82) is 0 Å². The van der Waals surface area contributed by atoms with Crippen molar-refractivity contribution in [3.05, 3.63) is 82.2 Å². The number of carbonyl (C=O) groups is 1. The zero-order chi connectivity index (χ0) is 19.0. The molecule has 1 aromatic carbocycles. The summed E-state index contributed by atoms with van der Waals surface area (Å²) in [6.45, 7) is 1.69. The van der Waals surface area contributed by atoms with Crippen LogP contribution in [-0.4, -0.2) is 25.7 Å². The van der Waals surface area contributed by atoms with Gasteiger partial charge in [-0.2, -0.15) is 9.78 Å². The minimum absolute atomic E-state index is 0.0876. The normalized spacial score (nSPS) is 10.9. The van der Waals surface area contributed by atoms with Crippen molar-refractivity contribution in [3.8, 4) is 5.82 Å². The Hall–Kier alpha value is -3.81. The molecule has 2 N–H and O–H groups in total. The van der Waals surface area contributed by atoms with Crippen LogP contribution in [0.3, 0.4) is 0 Å². The van der Waals surface area contributed by atoms with Gasteiger partial charge in [-0.3, -0.25) is 9.59 Å². The number of fused-ring (bicyclic) bond motifs is 1. The molecule has 8 heteroatoms. The van der Waals surface area contributed by atoms with E-state index in [0.29, 0.717) is 22.5 Å². The van der Waals surface area contributed by atoms with Crippen molar-refractivity contribution < 1.29 is 9.18 Å². The number of aromatic amines is 1. The molecule has 4 rings (SSSR count). The smallest absolute Gasteiger partial charge is 0.261 e. The minimum Gasteiger partial charge on any atom is -0.345 e. The second kappa shape index (κ2) is 6.49. The molecule has 0 saturated heterocycles. The molecule has 0 saturated carbocycles. The van der Waals surface area contributed by atoms with Gasteiger partial charge in [-0.05, 0) is 37.3 Å². The second-order valence-electron chi connectivity index (χ2n) is 5.90. The van der Waals surface area contributed by atoms with Gasteiger partial charge in [-0.25, -0.2) is 9.37 Å². The summed E-state index contributed by atoms with van der Waals surface area (Å²) in [6.07, 6.45) is 2.94. The predicted molar refractivity (Wildman–Crippen MR) is 98.6 cm³/mol. The van der Waals surface area contributed by atoms with Crippen LogP contribution in [0.2, 0.25) is 0 Å². The lowest BCUT2D eigenvalue weighted by atomic mass is 10.1. The molecule has 0 aliphatic heterocycles. The molecule has 1 amide bonds. The zero-order valence-corrected chi connectivity index (χ0v) is 14.2. The summed E-state index contributed by atoms with van der Waals surface area (Å²) in [6, 6.07) is 10.8. The summed E-state index contributed by atoms with van der Waals surface area (Å²) >= 11 is 0. The van der Waals surface area contributed by atoms with Crippen molar-refractivity contribution in [3.63, 3.8) is 0 Å².